The maximum Gasteiger partial charge on any atom is 0.126 e. The Morgan fingerprint density at radius 3 is 2.81 bits per heavy atom. The van der Waals surface area contributed by atoms with Crippen LogP contribution in [0.15, 0.2) is 23.6 Å². The maximum atomic E-state index is 13.5. The van der Waals surface area contributed by atoms with E-state index in [9.17, 15) is 4.39 Å². The summed E-state index contributed by atoms with van der Waals surface area (Å²) in [6, 6.07) is 5.11. The number of nitrogens with one attached hydrogen (secondary N) is 1. The fourth-order valence-corrected chi connectivity index (χ4v) is 2.05. The second kappa shape index (κ2) is 4.67. The van der Waals surface area contributed by atoms with E-state index in [1.165, 1.54) is 17.6 Å². The second-order valence-corrected chi connectivity index (χ2v) is 4.17. The molecule has 1 heterocycles. The number of rotatable bonds is 3. The molecule has 1 atom stereocenters. The average Bonchev–Trinajstić information content (AvgIpc) is 2.78. The van der Waals surface area contributed by atoms with E-state index in [0.29, 0.717) is 5.56 Å². The van der Waals surface area contributed by atoms with E-state index in [4.69, 9.17) is 0 Å². The standard InChI is InChI=1S/C11H12FN3S/c1-7-3-4-8(5-9(7)12)11(13-2)10-6-16-15-14-10/h3-6,11,13H,1-2H3. The molecule has 1 aromatic carbocycles. The van der Waals surface area contributed by atoms with Crippen LogP contribution in [0.5, 0.6) is 0 Å². The molecular weight excluding hydrogens is 225 g/mol. The lowest BCUT2D eigenvalue weighted by Crippen LogP contribution is -2.18. The van der Waals surface area contributed by atoms with Gasteiger partial charge in [0.25, 0.3) is 0 Å². The van der Waals surface area contributed by atoms with E-state index in [1.54, 1.807) is 13.0 Å². The summed E-state index contributed by atoms with van der Waals surface area (Å²) in [5.41, 5.74) is 2.32. The van der Waals surface area contributed by atoms with Crippen LogP contribution in [-0.4, -0.2) is 16.6 Å². The Kier molecular flexibility index (Phi) is 3.26. The van der Waals surface area contributed by atoms with Gasteiger partial charge in [-0.2, -0.15) is 0 Å². The van der Waals surface area contributed by atoms with Crippen LogP contribution in [-0.2, 0) is 0 Å². The van der Waals surface area contributed by atoms with Crippen LogP contribution in [0.2, 0.25) is 0 Å². The van der Waals surface area contributed by atoms with Crippen LogP contribution >= 0.6 is 11.5 Å². The molecule has 1 aromatic heterocycles. The van der Waals surface area contributed by atoms with Crippen LogP contribution in [0.1, 0.15) is 22.9 Å². The van der Waals surface area contributed by atoms with Gasteiger partial charge in [-0.25, -0.2) is 4.39 Å². The molecule has 0 saturated heterocycles. The summed E-state index contributed by atoms with van der Waals surface area (Å²) in [6.07, 6.45) is 0. The lowest BCUT2D eigenvalue weighted by molar-refractivity contribution is 0.605. The van der Waals surface area contributed by atoms with Gasteiger partial charge in [-0.05, 0) is 42.7 Å². The van der Waals surface area contributed by atoms with Crippen LogP contribution in [0.3, 0.4) is 0 Å². The topological polar surface area (TPSA) is 37.8 Å². The normalized spacial score (nSPS) is 12.7. The number of aromatic nitrogens is 2. The van der Waals surface area contributed by atoms with Gasteiger partial charge in [-0.15, -0.1) is 5.10 Å². The Hall–Kier alpha value is -1.33. The summed E-state index contributed by atoms with van der Waals surface area (Å²) < 4.78 is 17.3. The number of benzene rings is 1. The van der Waals surface area contributed by atoms with Crippen molar-refractivity contribution in [3.63, 3.8) is 0 Å². The van der Waals surface area contributed by atoms with Gasteiger partial charge in [0.15, 0.2) is 0 Å². The largest absolute Gasteiger partial charge is 0.308 e. The summed E-state index contributed by atoms with van der Waals surface area (Å²) in [5, 5.41) is 8.96. The van der Waals surface area contributed by atoms with Crippen molar-refractivity contribution in [1.29, 1.82) is 0 Å². The number of halogens is 1. The molecule has 0 spiro atoms. The fraction of sp³-hybridized carbons (Fsp3) is 0.273. The van der Waals surface area contributed by atoms with Crippen molar-refractivity contribution in [2.24, 2.45) is 0 Å². The van der Waals surface area contributed by atoms with Crippen molar-refractivity contribution in [1.82, 2.24) is 14.9 Å². The molecule has 0 aliphatic heterocycles. The lowest BCUT2D eigenvalue weighted by Gasteiger charge is -2.14. The van der Waals surface area contributed by atoms with Crippen molar-refractivity contribution < 1.29 is 4.39 Å². The summed E-state index contributed by atoms with van der Waals surface area (Å²) in [7, 11) is 1.82. The summed E-state index contributed by atoms with van der Waals surface area (Å²) in [6.45, 7) is 1.75. The first-order chi connectivity index (χ1) is 7.72. The molecule has 0 radical (unpaired) electrons. The van der Waals surface area contributed by atoms with Crippen LogP contribution in [0.4, 0.5) is 4.39 Å². The molecule has 5 heteroatoms. The summed E-state index contributed by atoms with van der Waals surface area (Å²) >= 11 is 1.29. The molecular formula is C11H12FN3S. The van der Waals surface area contributed by atoms with E-state index in [-0.39, 0.29) is 11.9 Å². The van der Waals surface area contributed by atoms with Gasteiger partial charge in [0.05, 0.1) is 11.7 Å². The predicted octanol–water partition coefficient (Wildman–Crippen LogP) is 2.29. The van der Waals surface area contributed by atoms with Crippen molar-refractivity contribution in [3.05, 3.63) is 46.2 Å². The fourth-order valence-electron chi connectivity index (χ4n) is 1.57. The minimum Gasteiger partial charge on any atom is -0.308 e. The van der Waals surface area contributed by atoms with Crippen LogP contribution < -0.4 is 5.32 Å². The van der Waals surface area contributed by atoms with Gasteiger partial charge in [0, 0.05) is 5.38 Å². The summed E-state index contributed by atoms with van der Waals surface area (Å²) in [5.74, 6) is -0.194. The number of nitrogens with zero attached hydrogens (tertiary/aromatic N) is 2. The average molecular weight is 237 g/mol. The highest BCUT2D eigenvalue weighted by Crippen LogP contribution is 2.22. The smallest absolute Gasteiger partial charge is 0.126 e. The van der Waals surface area contributed by atoms with Gasteiger partial charge < -0.3 is 5.32 Å². The van der Waals surface area contributed by atoms with E-state index in [2.05, 4.69) is 14.9 Å². The molecule has 1 unspecified atom stereocenters. The highest BCUT2D eigenvalue weighted by Gasteiger charge is 2.15. The molecule has 16 heavy (non-hydrogen) atoms. The third-order valence-corrected chi connectivity index (χ3v) is 3.01. The Labute approximate surface area is 97.5 Å². The lowest BCUT2D eigenvalue weighted by atomic mass is 10.0. The van der Waals surface area contributed by atoms with Crippen LogP contribution in [0.25, 0.3) is 0 Å². The first-order valence-corrected chi connectivity index (χ1v) is 5.76. The summed E-state index contributed by atoms with van der Waals surface area (Å²) in [4.78, 5) is 0. The molecule has 0 aliphatic carbocycles. The predicted molar refractivity (Wildman–Crippen MR) is 61.9 cm³/mol. The molecule has 0 saturated carbocycles. The van der Waals surface area contributed by atoms with Gasteiger partial charge in [0.1, 0.15) is 5.82 Å². The van der Waals surface area contributed by atoms with Gasteiger partial charge in [0.2, 0.25) is 0 Å². The number of hydrogen-bond donors (Lipinski definition) is 1. The Balaban J connectivity index is 2.37. The molecule has 0 fully saturated rings. The third kappa shape index (κ3) is 2.10. The maximum absolute atomic E-state index is 13.5. The monoisotopic (exact) mass is 237 g/mol. The first kappa shape index (κ1) is 11.2. The highest BCUT2D eigenvalue weighted by molar-refractivity contribution is 7.03. The van der Waals surface area contributed by atoms with Crippen LogP contribution in [0, 0.1) is 12.7 Å². The molecule has 2 aromatic rings. The molecule has 0 aliphatic rings. The van der Waals surface area contributed by atoms with Gasteiger partial charge >= 0.3 is 0 Å². The number of aryl methyl sites for hydroxylation is 1. The minimum absolute atomic E-state index is 0.103. The zero-order valence-corrected chi connectivity index (χ0v) is 9.88. The molecule has 2 rings (SSSR count). The Morgan fingerprint density at radius 1 is 1.44 bits per heavy atom. The molecule has 0 amide bonds. The highest BCUT2D eigenvalue weighted by atomic mass is 32.1. The second-order valence-electron chi connectivity index (χ2n) is 3.56. The van der Waals surface area contributed by atoms with Crippen molar-refractivity contribution in [2.75, 3.05) is 7.05 Å². The number of hydrogen-bond acceptors (Lipinski definition) is 4. The SMILES string of the molecule is CNC(c1ccc(C)c(F)c1)c1csnn1. The quantitative estimate of drug-likeness (QED) is 0.890. The third-order valence-electron chi connectivity index (χ3n) is 2.49. The van der Waals surface area contributed by atoms with E-state index in [0.717, 1.165) is 11.3 Å². The first-order valence-electron chi connectivity index (χ1n) is 4.92. The van der Waals surface area contributed by atoms with E-state index in [1.807, 2.05) is 18.5 Å². The van der Waals surface area contributed by atoms with Gasteiger partial charge in [-0.1, -0.05) is 16.6 Å². The van der Waals surface area contributed by atoms with Crippen molar-refractivity contribution in [2.45, 2.75) is 13.0 Å². The molecule has 0 bridgehead atoms. The van der Waals surface area contributed by atoms with Crippen molar-refractivity contribution >= 4 is 11.5 Å². The Bertz CT molecular complexity index is 470. The zero-order chi connectivity index (χ0) is 11.5. The molecule has 1 N–H and O–H groups in total. The molecule has 3 nitrogen and oxygen atoms in total. The van der Waals surface area contributed by atoms with Gasteiger partial charge in [-0.3, -0.25) is 0 Å². The van der Waals surface area contributed by atoms with Crippen molar-refractivity contribution in [3.8, 4) is 0 Å². The van der Waals surface area contributed by atoms with E-state index < -0.39 is 0 Å². The van der Waals surface area contributed by atoms with E-state index >= 15 is 0 Å². The molecule has 84 valence electrons. The zero-order valence-electron chi connectivity index (χ0n) is 9.07. The Morgan fingerprint density at radius 2 is 2.25 bits per heavy atom. The minimum atomic E-state index is -0.194.